The Balaban J connectivity index is 1.63. The monoisotopic (exact) mass is 372 g/mol. The van der Waals surface area contributed by atoms with Crippen LogP contribution in [0.4, 0.5) is 14.5 Å². The average Bonchev–Trinajstić information content (AvgIpc) is 3.09. The van der Waals surface area contributed by atoms with E-state index in [0.29, 0.717) is 17.3 Å². The summed E-state index contributed by atoms with van der Waals surface area (Å²) < 4.78 is 37.5. The van der Waals surface area contributed by atoms with Crippen molar-refractivity contribution in [2.75, 3.05) is 12.4 Å². The normalized spacial score (nSPS) is 10.7. The molecule has 3 aromatic rings. The lowest BCUT2D eigenvalue weighted by Gasteiger charge is -2.10. The molecule has 3 rings (SSSR count). The molecule has 1 heterocycles. The lowest BCUT2D eigenvalue weighted by atomic mass is 10.2. The number of carbonyl (C=O) groups is 1. The molecule has 0 fully saturated rings. The van der Waals surface area contributed by atoms with Crippen LogP contribution in [0.3, 0.4) is 0 Å². The molecule has 1 N–H and O–H groups in total. The quantitative estimate of drug-likeness (QED) is 0.692. The maximum Gasteiger partial charge on any atom is 0.224 e. The van der Waals surface area contributed by atoms with E-state index >= 15 is 0 Å². The first kappa shape index (κ1) is 18.6. The molecule has 0 saturated heterocycles. The number of carbonyl (C=O) groups excluding carboxylic acids is 1. The van der Waals surface area contributed by atoms with Crippen molar-refractivity contribution in [2.24, 2.45) is 0 Å². The van der Waals surface area contributed by atoms with E-state index in [0.717, 1.165) is 17.7 Å². The van der Waals surface area contributed by atoms with Crippen LogP contribution in [-0.2, 0) is 11.2 Å². The number of hydrogen-bond acceptors (Lipinski definition) is 4. The van der Waals surface area contributed by atoms with Gasteiger partial charge >= 0.3 is 0 Å². The third kappa shape index (κ3) is 4.49. The molecule has 0 radical (unpaired) electrons. The molecule has 0 saturated carbocycles. The summed E-state index contributed by atoms with van der Waals surface area (Å²) in [4.78, 5) is 16.2. The number of oxazole rings is 1. The summed E-state index contributed by atoms with van der Waals surface area (Å²) in [6.45, 7) is 1.91. The van der Waals surface area contributed by atoms with Crippen LogP contribution in [0.2, 0.25) is 0 Å². The van der Waals surface area contributed by atoms with Gasteiger partial charge in [-0.3, -0.25) is 4.79 Å². The molecule has 0 unspecified atom stereocenters. The van der Waals surface area contributed by atoms with Crippen molar-refractivity contribution < 1.29 is 22.7 Å². The number of anilines is 1. The van der Waals surface area contributed by atoms with Gasteiger partial charge in [-0.25, -0.2) is 13.8 Å². The molecule has 7 heteroatoms. The summed E-state index contributed by atoms with van der Waals surface area (Å²) in [6.07, 6.45) is 1.72. The topological polar surface area (TPSA) is 64.4 Å². The molecule has 0 atom stereocenters. The number of halogens is 2. The highest BCUT2D eigenvalue weighted by atomic mass is 19.1. The number of nitrogens with one attached hydrogen (secondary N) is 1. The highest BCUT2D eigenvalue weighted by Crippen LogP contribution is 2.26. The maximum absolute atomic E-state index is 13.8. The highest BCUT2D eigenvalue weighted by Gasteiger charge is 2.14. The van der Waals surface area contributed by atoms with Gasteiger partial charge in [0.1, 0.15) is 17.4 Å². The number of hydrogen-bond donors (Lipinski definition) is 1. The van der Waals surface area contributed by atoms with Gasteiger partial charge in [-0.15, -0.1) is 0 Å². The smallest absolute Gasteiger partial charge is 0.224 e. The first-order valence-corrected chi connectivity index (χ1v) is 8.31. The van der Waals surface area contributed by atoms with Gasteiger partial charge in [-0.1, -0.05) is 6.07 Å². The van der Waals surface area contributed by atoms with E-state index in [1.54, 1.807) is 6.07 Å². The van der Waals surface area contributed by atoms with Crippen molar-refractivity contribution in [3.05, 3.63) is 65.7 Å². The molecule has 0 aliphatic carbocycles. The summed E-state index contributed by atoms with van der Waals surface area (Å²) in [7, 11) is 1.53. The van der Waals surface area contributed by atoms with Crippen LogP contribution in [0, 0.1) is 18.6 Å². The van der Waals surface area contributed by atoms with Crippen molar-refractivity contribution in [1.82, 2.24) is 4.98 Å². The predicted octanol–water partition coefficient (Wildman–Crippen LogP) is 4.51. The zero-order valence-corrected chi connectivity index (χ0v) is 14.9. The van der Waals surface area contributed by atoms with Gasteiger partial charge in [0.15, 0.2) is 11.7 Å². The number of benzene rings is 2. The molecule has 0 aliphatic heterocycles. The zero-order chi connectivity index (χ0) is 19.4. The van der Waals surface area contributed by atoms with Crippen LogP contribution in [0.15, 0.2) is 47.0 Å². The highest BCUT2D eigenvalue weighted by molar-refractivity contribution is 5.92. The number of amides is 1. The Hall–Kier alpha value is -3.22. The molecule has 140 valence electrons. The molecule has 1 amide bonds. The number of rotatable bonds is 6. The molecule has 0 bridgehead atoms. The fourth-order valence-corrected chi connectivity index (χ4v) is 2.59. The largest absolute Gasteiger partial charge is 0.495 e. The fraction of sp³-hybridized carbons (Fsp3) is 0.200. The Bertz CT molecular complexity index is 970. The Kier molecular flexibility index (Phi) is 5.49. The standard InChI is InChI=1S/C20H18F2N2O3/c1-12-3-6-17(26-2)16(9-12)24-19(25)7-8-20-23-11-18(27-20)14-5-4-13(21)10-15(14)22/h3-6,9-11H,7-8H2,1-2H3,(H,24,25). The zero-order valence-electron chi connectivity index (χ0n) is 14.9. The minimum atomic E-state index is -0.734. The average molecular weight is 372 g/mol. The van der Waals surface area contributed by atoms with Crippen LogP contribution in [0.25, 0.3) is 11.3 Å². The van der Waals surface area contributed by atoms with E-state index in [2.05, 4.69) is 10.3 Å². The summed E-state index contributed by atoms with van der Waals surface area (Å²) in [5.41, 5.74) is 1.69. The minimum absolute atomic E-state index is 0.115. The molecular formula is C20H18F2N2O3. The van der Waals surface area contributed by atoms with Crippen molar-refractivity contribution >= 4 is 11.6 Å². The second-order valence-electron chi connectivity index (χ2n) is 5.99. The Morgan fingerprint density at radius 3 is 2.78 bits per heavy atom. The molecule has 1 aromatic heterocycles. The molecule has 2 aromatic carbocycles. The second-order valence-corrected chi connectivity index (χ2v) is 5.99. The Morgan fingerprint density at radius 1 is 1.22 bits per heavy atom. The third-order valence-corrected chi connectivity index (χ3v) is 3.95. The summed E-state index contributed by atoms with van der Waals surface area (Å²) in [5.74, 6) is -0.588. The van der Waals surface area contributed by atoms with E-state index in [9.17, 15) is 13.6 Å². The van der Waals surface area contributed by atoms with Crippen molar-refractivity contribution in [3.63, 3.8) is 0 Å². The summed E-state index contributed by atoms with van der Waals surface area (Å²) in [5, 5.41) is 2.79. The maximum atomic E-state index is 13.8. The number of nitrogens with zero attached hydrogens (tertiary/aromatic N) is 1. The van der Waals surface area contributed by atoms with Crippen LogP contribution in [-0.4, -0.2) is 18.0 Å². The lowest BCUT2D eigenvalue weighted by Crippen LogP contribution is -2.13. The first-order chi connectivity index (χ1) is 13.0. The molecule has 0 aliphatic rings. The molecule has 0 spiro atoms. The van der Waals surface area contributed by atoms with E-state index in [1.165, 1.54) is 19.4 Å². The van der Waals surface area contributed by atoms with Gasteiger partial charge in [0, 0.05) is 18.9 Å². The van der Waals surface area contributed by atoms with Crippen molar-refractivity contribution in [2.45, 2.75) is 19.8 Å². The number of aryl methyl sites for hydroxylation is 2. The number of methoxy groups -OCH3 is 1. The lowest BCUT2D eigenvalue weighted by molar-refractivity contribution is -0.116. The van der Waals surface area contributed by atoms with E-state index in [1.807, 2.05) is 19.1 Å². The van der Waals surface area contributed by atoms with Crippen molar-refractivity contribution in [3.8, 4) is 17.1 Å². The van der Waals surface area contributed by atoms with Gasteiger partial charge in [0.25, 0.3) is 0 Å². The van der Waals surface area contributed by atoms with Crippen LogP contribution >= 0.6 is 0 Å². The Morgan fingerprint density at radius 2 is 2.04 bits per heavy atom. The van der Waals surface area contributed by atoms with Gasteiger partial charge in [-0.2, -0.15) is 0 Å². The number of ether oxygens (including phenoxy) is 1. The molecular weight excluding hydrogens is 354 g/mol. The fourth-order valence-electron chi connectivity index (χ4n) is 2.59. The van der Waals surface area contributed by atoms with E-state index < -0.39 is 11.6 Å². The summed E-state index contributed by atoms with van der Waals surface area (Å²) >= 11 is 0. The van der Waals surface area contributed by atoms with Crippen molar-refractivity contribution in [1.29, 1.82) is 0 Å². The van der Waals surface area contributed by atoms with Crippen LogP contribution in [0.1, 0.15) is 17.9 Å². The molecule has 27 heavy (non-hydrogen) atoms. The third-order valence-electron chi connectivity index (χ3n) is 3.95. The van der Waals surface area contributed by atoms with E-state index in [-0.39, 0.29) is 30.1 Å². The SMILES string of the molecule is COc1ccc(C)cc1NC(=O)CCc1ncc(-c2ccc(F)cc2F)o1. The van der Waals surface area contributed by atoms with Gasteiger partial charge in [0.05, 0.1) is 24.6 Å². The summed E-state index contributed by atoms with van der Waals surface area (Å²) in [6, 6.07) is 8.69. The second kappa shape index (κ2) is 7.99. The minimum Gasteiger partial charge on any atom is -0.495 e. The molecule has 5 nitrogen and oxygen atoms in total. The first-order valence-electron chi connectivity index (χ1n) is 8.31. The van der Waals surface area contributed by atoms with Gasteiger partial charge < -0.3 is 14.5 Å². The van der Waals surface area contributed by atoms with Gasteiger partial charge in [-0.05, 0) is 36.8 Å². The van der Waals surface area contributed by atoms with Gasteiger partial charge in [0.2, 0.25) is 5.91 Å². The Labute approximate surface area is 155 Å². The predicted molar refractivity (Wildman–Crippen MR) is 96.5 cm³/mol. The van der Waals surface area contributed by atoms with Crippen LogP contribution < -0.4 is 10.1 Å². The van der Waals surface area contributed by atoms with Crippen LogP contribution in [0.5, 0.6) is 5.75 Å². The van der Waals surface area contributed by atoms with E-state index in [4.69, 9.17) is 9.15 Å². The number of aromatic nitrogens is 1.